The van der Waals surface area contributed by atoms with Crippen LogP contribution in [0, 0.1) is 0 Å². The topological polar surface area (TPSA) is 64.7 Å². The van der Waals surface area contributed by atoms with Crippen molar-refractivity contribution < 1.29 is 14.0 Å². The van der Waals surface area contributed by atoms with Crippen LogP contribution in [0.15, 0.2) is 52.5 Å². The minimum absolute atomic E-state index is 0.122. The van der Waals surface area contributed by atoms with Crippen molar-refractivity contribution in [2.75, 3.05) is 0 Å². The second-order valence-corrected chi connectivity index (χ2v) is 3.27. The number of aromatic nitrogens is 1. The SMILES string of the molecule is CC(=NOC(=O)c1ccco1)c1ccncc1. The predicted octanol–water partition coefficient (Wildman–Crippen LogP) is 2.26. The molecule has 2 heterocycles. The van der Waals surface area contributed by atoms with Crippen LogP contribution in [-0.2, 0) is 4.84 Å². The summed E-state index contributed by atoms with van der Waals surface area (Å²) in [4.78, 5) is 20.0. The standard InChI is InChI=1S/C12H10N2O3/c1-9(10-4-6-13-7-5-10)14-17-12(15)11-3-2-8-16-11/h2-8H,1H3. The molecule has 2 rings (SSSR count). The van der Waals surface area contributed by atoms with E-state index in [1.54, 1.807) is 37.5 Å². The summed E-state index contributed by atoms with van der Waals surface area (Å²) in [5.74, 6) is -0.500. The lowest BCUT2D eigenvalue weighted by Crippen LogP contribution is -2.02. The molecule has 86 valence electrons. The van der Waals surface area contributed by atoms with Crippen LogP contribution in [0.1, 0.15) is 23.0 Å². The quantitative estimate of drug-likeness (QED) is 0.461. The van der Waals surface area contributed by atoms with Gasteiger partial charge in [-0.3, -0.25) is 4.98 Å². The van der Waals surface area contributed by atoms with Gasteiger partial charge < -0.3 is 9.25 Å². The Bertz CT molecular complexity index is 518. The van der Waals surface area contributed by atoms with Crippen molar-refractivity contribution in [3.8, 4) is 0 Å². The number of carbonyl (C=O) groups excluding carboxylic acids is 1. The summed E-state index contributed by atoms with van der Waals surface area (Å²) in [6.45, 7) is 1.74. The first-order chi connectivity index (χ1) is 8.27. The Labute approximate surface area is 97.7 Å². The van der Waals surface area contributed by atoms with Gasteiger partial charge >= 0.3 is 5.97 Å². The van der Waals surface area contributed by atoms with E-state index in [9.17, 15) is 4.79 Å². The first-order valence-electron chi connectivity index (χ1n) is 4.97. The maximum atomic E-state index is 11.4. The monoisotopic (exact) mass is 230 g/mol. The van der Waals surface area contributed by atoms with Gasteiger partial charge in [-0.2, -0.15) is 0 Å². The van der Waals surface area contributed by atoms with Crippen LogP contribution in [0.4, 0.5) is 0 Å². The van der Waals surface area contributed by atoms with Gasteiger partial charge in [0.1, 0.15) is 0 Å². The molecule has 2 aromatic rings. The number of nitrogens with zero attached hydrogens (tertiary/aromatic N) is 2. The lowest BCUT2D eigenvalue weighted by Gasteiger charge is -1.98. The van der Waals surface area contributed by atoms with Gasteiger partial charge in [-0.1, -0.05) is 5.16 Å². The van der Waals surface area contributed by atoms with Crippen LogP contribution in [-0.4, -0.2) is 16.7 Å². The summed E-state index contributed by atoms with van der Waals surface area (Å²) in [5.41, 5.74) is 1.43. The highest BCUT2D eigenvalue weighted by Gasteiger charge is 2.10. The number of rotatable bonds is 3. The Balaban J connectivity index is 2.04. The average Bonchev–Trinajstić information content (AvgIpc) is 2.90. The van der Waals surface area contributed by atoms with Gasteiger partial charge in [0.2, 0.25) is 5.76 Å². The van der Waals surface area contributed by atoms with Crippen LogP contribution in [0.25, 0.3) is 0 Å². The lowest BCUT2D eigenvalue weighted by atomic mass is 10.2. The number of hydrogen-bond acceptors (Lipinski definition) is 5. The molecule has 0 aliphatic carbocycles. The Kier molecular flexibility index (Phi) is 3.30. The smallest absolute Gasteiger partial charge is 0.400 e. The molecular weight excluding hydrogens is 220 g/mol. The number of pyridine rings is 1. The Morgan fingerprint density at radius 2 is 2.12 bits per heavy atom. The van der Waals surface area contributed by atoms with E-state index < -0.39 is 5.97 Å². The summed E-state index contributed by atoms with van der Waals surface area (Å²) in [5, 5.41) is 3.73. The molecule has 0 radical (unpaired) electrons. The van der Waals surface area contributed by atoms with Gasteiger partial charge in [0, 0.05) is 18.0 Å². The molecule has 0 aromatic carbocycles. The molecule has 0 N–H and O–H groups in total. The van der Waals surface area contributed by atoms with Gasteiger partial charge in [0.15, 0.2) is 0 Å². The first kappa shape index (κ1) is 11.1. The maximum absolute atomic E-state index is 11.4. The molecule has 2 aromatic heterocycles. The largest absolute Gasteiger partial charge is 0.457 e. The highest BCUT2D eigenvalue weighted by molar-refractivity contribution is 5.98. The van der Waals surface area contributed by atoms with Crippen molar-refractivity contribution >= 4 is 11.7 Å². The molecule has 5 nitrogen and oxygen atoms in total. The third-order valence-electron chi connectivity index (χ3n) is 2.09. The van der Waals surface area contributed by atoms with Crippen molar-refractivity contribution in [3.05, 3.63) is 54.2 Å². The highest BCUT2D eigenvalue weighted by atomic mass is 16.7. The zero-order valence-electron chi connectivity index (χ0n) is 9.16. The molecule has 0 fully saturated rings. The number of oxime groups is 1. The van der Waals surface area contributed by atoms with Crippen LogP contribution in [0.3, 0.4) is 0 Å². The van der Waals surface area contributed by atoms with Crippen molar-refractivity contribution in [1.82, 2.24) is 4.98 Å². The van der Waals surface area contributed by atoms with E-state index in [1.165, 1.54) is 12.3 Å². The molecule has 0 atom stereocenters. The number of carbonyl (C=O) groups is 1. The molecule has 0 saturated carbocycles. The summed E-state index contributed by atoms with van der Waals surface area (Å²) in [6, 6.07) is 6.68. The van der Waals surface area contributed by atoms with E-state index in [2.05, 4.69) is 10.1 Å². The minimum Gasteiger partial charge on any atom is -0.457 e. The molecule has 0 aliphatic heterocycles. The van der Waals surface area contributed by atoms with Crippen LogP contribution < -0.4 is 0 Å². The molecule has 0 unspecified atom stereocenters. The second kappa shape index (κ2) is 5.07. The number of hydrogen-bond donors (Lipinski definition) is 0. The first-order valence-corrected chi connectivity index (χ1v) is 4.97. The van der Waals surface area contributed by atoms with Crippen molar-refractivity contribution in [2.45, 2.75) is 6.92 Å². The highest BCUT2D eigenvalue weighted by Crippen LogP contribution is 2.04. The van der Waals surface area contributed by atoms with Gasteiger partial charge in [-0.05, 0) is 31.2 Å². The third kappa shape index (κ3) is 2.78. The summed E-state index contributed by atoms with van der Waals surface area (Å²) < 4.78 is 4.88. The Morgan fingerprint density at radius 1 is 1.35 bits per heavy atom. The van der Waals surface area contributed by atoms with Gasteiger partial charge in [-0.15, -0.1) is 0 Å². The fourth-order valence-corrected chi connectivity index (χ4v) is 1.20. The van der Waals surface area contributed by atoms with E-state index >= 15 is 0 Å². The summed E-state index contributed by atoms with van der Waals surface area (Å²) in [7, 11) is 0. The second-order valence-electron chi connectivity index (χ2n) is 3.27. The van der Waals surface area contributed by atoms with Crippen LogP contribution in [0.5, 0.6) is 0 Å². The molecule has 0 bridgehead atoms. The molecule has 0 amide bonds. The zero-order chi connectivity index (χ0) is 12.1. The van der Waals surface area contributed by atoms with E-state index in [0.717, 1.165) is 5.56 Å². The maximum Gasteiger partial charge on any atom is 0.400 e. The van der Waals surface area contributed by atoms with Crippen LogP contribution >= 0.6 is 0 Å². The minimum atomic E-state index is -0.622. The van der Waals surface area contributed by atoms with E-state index in [0.29, 0.717) is 5.71 Å². The molecular formula is C12H10N2O3. The van der Waals surface area contributed by atoms with Crippen molar-refractivity contribution in [1.29, 1.82) is 0 Å². The van der Waals surface area contributed by atoms with Gasteiger partial charge in [0.25, 0.3) is 0 Å². The molecule has 0 aliphatic rings. The normalized spacial score (nSPS) is 11.2. The van der Waals surface area contributed by atoms with E-state index in [1.807, 2.05) is 0 Å². The number of furan rings is 1. The fourth-order valence-electron chi connectivity index (χ4n) is 1.20. The third-order valence-corrected chi connectivity index (χ3v) is 2.09. The summed E-state index contributed by atoms with van der Waals surface area (Å²) >= 11 is 0. The van der Waals surface area contributed by atoms with Crippen LogP contribution in [0.2, 0.25) is 0 Å². The molecule has 17 heavy (non-hydrogen) atoms. The Hall–Kier alpha value is -2.43. The van der Waals surface area contributed by atoms with E-state index in [4.69, 9.17) is 9.25 Å². The van der Waals surface area contributed by atoms with Crippen molar-refractivity contribution in [3.63, 3.8) is 0 Å². The average molecular weight is 230 g/mol. The Morgan fingerprint density at radius 3 is 2.76 bits per heavy atom. The fraction of sp³-hybridized carbons (Fsp3) is 0.0833. The van der Waals surface area contributed by atoms with Gasteiger partial charge in [-0.25, -0.2) is 4.79 Å². The zero-order valence-corrected chi connectivity index (χ0v) is 9.16. The molecule has 0 saturated heterocycles. The molecule has 0 spiro atoms. The van der Waals surface area contributed by atoms with E-state index in [-0.39, 0.29) is 5.76 Å². The summed E-state index contributed by atoms with van der Waals surface area (Å²) in [6.07, 6.45) is 4.68. The predicted molar refractivity (Wildman–Crippen MR) is 60.6 cm³/mol. The van der Waals surface area contributed by atoms with Crippen molar-refractivity contribution in [2.24, 2.45) is 5.16 Å². The lowest BCUT2D eigenvalue weighted by molar-refractivity contribution is 0.0480. The molecule has 5 heteroatoms. The van der Waals surface area contributed by atoms with Gasteiger partial charge in [0.05, 0.1) is 12.0 Å².